The molecule has 5 fully saturated rings. The molecule has 1 saturated carbocycles. The van der Waals surface area contributed by atoms with Gasteiger partial charge in [0.05, 0.1) is 53.3 Å². The molecule has 5 aliphatic rings. The summed E-state index contributed by atoms with van der Waals surface area (Å²) in [6, 6.07) is 6.86. The van der Waals surface area contributed by atoms with Gasteiger partial charge in [0.1, 0.15) is 17.4 Å². The Morgan fingerprint density at radius 2 is 1.84 bits per heavy atom. The summed E-state index contributed by atoms with van der Waals surface area (Å²) >= 11 is 0. The molecule has 1 aliphatic carbocycles. The number of ether oxygens (including phenoxy) is 1. The van der Waals surface area contributed by atoms with Crippen molar-refractivity contribution < 1.29 is 27.9 Å². The Kier molecular flexibility index (Phi) is 11.1. The van der Waals surface area contributed by atoms with Crippen LogP contribution in [-0.4, -0.2) is 126 Å². The van der Waals surface area contributed by atoms with E-state index in [0.29, 0.717) is 35.6 Å². The maximum atomic E-state index is 14.3. The molecule has 4 aromatic heterocycles. The molecule has 17 nitrogen and oxygen atoms in total. The lowest BCUT2D eigenvalue weighted by Crippen LogP contribution is -2.48. The summed E-state index contributed by atoms with van der Waals surface area (Å²) in [6.07, 6.45) is 7.66. The molecule has 3 amide bonds. The van der Waals surface area contributed by atoms with Crippen LogP contribution in [-0.2, 0) is 21.4 Å². The van der Waals surface area contributed by atoms with Crippen LogP contribution in [0.1, 0.15) is 91.5 Å². The minimum atomic E-state index is -2.86. The van der Waals surface area contributed by atoms with Crippen LogP contribution < -0.4 is 21.2 Å². The maximum Gasteiger partial charge on any atom is 0.329 e. The summed E-state index contributed by atoms with van der Waals surface area (Å²) in [5.74, 6) is 6.44. The van der Waals surface area contributed by atoms with Crippen molar-refractivity contribution in [3.05, 3.63) is 70.2 Å². The molecule has 1 unspecified atom stereocenters. The van der Waals surface area contributed by atoms with Gasteiger partial charge < -0.3 is 19.9 Å². The number of morpholine rings is 1. The first-order valence-electron chi connectivity index (χ1n) is 22.0. The number of halogens is 2. The number of imidazole rings is 1. The molecule has 63 heavy (non-hydrogen) atoms. The first-order chi connectivity index (χ1) is 30.6. The fourth-order valence-electron chi connectivity index (χ4n) is 10.2. The van der Waals surface area contributed by atoms with Gasteiger partial charge in [-0.25, -0.2) is 23.1 Å². The highest BCUT2D eigenvalue weighted by Crippen LogP contribution is 2.36. The topological polar surface area (TPSA) is 169 Å². The SMILES string of the molecule is Cn1c(=O)n(C2CCC(=O)NC2=O)c2cccc(C#CCCN3CCN(CC4CCC(n5cc(NC(=O)c6cnn7ccc(N8C[C@H]9C[C@@H]8CO9)nc67)c(C(F)F)n5)CC4)CC3)c21. The molecule has 1 aromatic carbocycles. The Labute approximate surface area is 361 Å². The highest BCUT2D eigenvalue weighted by atomic mass is 19.3. The van der Waals surface area contributed by atoms with Crippen molar-refractivity contribution in [1.29, 1.82) is 0 Å². The minimum absolute atomic E-state index is 0.00322. The van der Waals surface area contributed by atoms with Crippen LogP contribution in [0.4, 0.5) is 20.3 Å². The third-order valence-corrected chi connectivity index (χ3v) is 13.6. The Balaban J connectivity index is 0.700. The van der Waals surface area contributed by atoms with Crippen molar-refractivity contribution in [1.82, 2.24) is 48.6 Å². The van der Waals surface area contributed by atoms with E-state index in [2.05, 4.69) is 47.4 Å². The second kappa shape index (κ2) is 17.0. The van der Waals surface area contributed by atoms with Crippen molar-refractivity contribution >= 4 is 45.9 Å². The van der Waals surface area contributed by atoms with Gasteiger partial charge in [-0.15, -0.1) is 0 Å². The van der Waals surface area contributed by atoms with Gasteiger partial charge in [-0.05, 0) is 62.6 Å². The van der Waals surface area contributed by atoms with Crippen molar-refractivity contribution in [3.63, 3.8) is 0 Å². The number of nitrogens with one attached hydrogen (secondary N) is 2. The van der Waals surface area contributed by atoms with Crippen LogP contribution in [0.25, 0.3) is 16.7 Å². The Morgan fingerprint density at radius 1 is 1.03 bits per heavy atom. The smallest absolute Gasteiger partial charge is 0.329 e. The number of carbonyl (C=O) groups is 3. The van der Waals surface area contributed by atoms with Gasteiger partial charge in [0, 0.05) is 78.1 Å². The molecular weight excluding hydrogens is 815 g/mol. The lowest BCUT2D eigenvalue weighted by Gasteiger charge is -2.38. The zero-order valence-electron chi connectivity index (χ0n) is 35.1. The van der Waals surface area contributed by atoms with Crippen LogP contribution in [0.5, 0.6) is 0 Å². The number of piperidine rings is 1. The molecule has 8 heterocycles. The van der Waals surface area contributed by atoms with Gasteiger partial charge in [0.25, 0.3) is 12.3 Å². The summed E-state index contributed by atoms with van der Waals surface area (Å²) in [7, 11) is 1.68. The first-order valence-corrected chi connectivity index (χ1v) is 22.0. The average Bonchev–Trinajstić information content (AvgIpc) is 4.13. The predicted molar refractivity (Wildman–Crippen MR) is 228 cm³/mol. The third-order valence-electron chi connectivity index (χ3n) is 13.6. The van der Waals surface area contributed by atoms with E-state index in [4.69, 9.17) is 9.72 Å². The second-order valence-corrected chi connectivity index (χ2v) is 17.5. The maximum absolute atomic E-state index is 14.3. The Hall–Kier alpha value is -5.97. The number of para-hydroxylation sites is 1. The number of aryl methyl sites for hydroxylation is 1. The van der Waals surface area contributed by atoms with E-state index in [1.807, 2.05) is 24.3 Å². The van der Waals surface area contributed by atoms with Gasteiger partial charge in [-0.3, -0.25) is 38.4 Å². The standard InChI is InChI=1S/C44H50F2N12O5/c1-52-39-28(6-4-7-34(39)58(44(52)62)35-12-13-37(59)50-43(35)61)5-2-3-15-53-17-19-54(20-18-53)23-27-8-10-29(11-9-27)57-25-33(38(51-57)40(45)46)48-42(60)32-22-47-56-16-14-36(49-41(32)56)55-24-31-21-30(55)26-63-31/h4,6-7,14,16,22,25,27,29-31,35,40H,3,8-13,15,17-21,23-24,26H2,1H3,(H,48,60)(H,50,59,61)/t27?,29?,30-,31-,35?/m1/s1. The van der Waals surface area contributed by atoms with Crippen LogP contribution >= 0.6 is 0 Å². The number of hydrogen-bond donors (Lipinski definition) is 2. The van der Waals surface area contributed by atoms with Crippen molar-refractivity contribution in [2.24, 2.45) is 13.0 Å². The van der Waals surface area contributed by atoms with Crippen LogP contribution in [0.15, 0.2) is 47.7 Å². The molecule has 330 valence electrons. The number of rotatable bonds is 10. The van der Waals surface area contributed by atoms with Crippen molar-refractivity contribution in [2.75, 3.05) is 62.6 Å². The number of imide groups is 1. The molecule has 4 aliphatic heterocycles. The van der Waals surface area contributed by atoms with Crippen LogP contribution in [0.2, 0.25) is 0 Å². The van der Waals surface area contributed by atoms with Gasteiger partial charge in [-0.1, -0.05) is 17.9 Å². The van der Waals surface area contributed by atoms with Crippen LogP contribution in [0, 0.1) is 17.8 Å². The summed E-state index contributed by atoms with van der Waals surface area (Å²) in [5.41, 5.74) is 1.81. The van der Waals surface area contributed by atoms with E-state index in [-0.39, 0.29) is 53.9 Å². The lowest BCUT2D eigenvalue weighted by molar-refractivity contribution is -0.135. The number of hydrogen-bond acceptors (Lipinski definition) is 11. The summed E-state index contributed by atoms with van der Waals surface area (Å²) in [4.78, 5) is 63.0. The van der Waals surface area contributed by atoms with Gasteiger partial charge in [0.15, 0.2) is 11.3 Å². The van der Waals surface area contributed by atoms with E-state index in [1.165, 1.54) is 19.8 Å². The summed E-state index contributed by atoms with van der Waals surface area (Å²) in [6.45, 7) is 7.00. The van der Waals surface area contributed by atoms with Gasteiger partial charge in [0.2, 0.25) is 11.8 Å². The predicted octanol–water partition coefficient (Wildman–Crippen LogP) is 3.52. The Morgan fingerprint density at radius 3 is 2.59 bits per heavy atom. The Bertz CT molecular complexity index is 2700. The molecule has 3 atom stereocenters. The minimum Gasteiger partial charge on any atom is -0.374 e. The monoisotopic (exact) mass is 864 g/mol. The first kappa shape index (κ1) is 41.1. The number of anilines is 2. The quantitative estimate of drug-likeness (QED) is 0.156. The summed E-state index contributed by atoms with van der Waals surface area (Å²) in [5, 5.41) is 13.6. The number of alkyl halides is 2. The number of amides is 3. The number of nitrogens with zero attached hydrogens (tertiary/aromatic N) is 10. The van der Waals surface area contributed by atoms with Crippen molar-refractivity contribution in [3.8, 4) is 11.8 Å². The molecule has 0 spiro atoms. The number of benzene rings is 1. The molecule has 2 N–H and O–H groups in total. The van der Waals surface area contributed by atoms with E-state index >= 15 is 0 Å². The molecular formula is C44H50F2N12O5. The largest absolute Gasteiger partial charge is 0.374 e. The second-order valence-electron chi connectivity index (χ2n) is 17.5. The van der Waals surface area contributed by atoms with E-state index in [0.717, 1.165) is 89.3 Å². The van der Waals surface area contributed by atoms with E-state index in [9.17, 15) is 28.0 Å². The number of piperazine rings is 1. The van der Waals surface area contributed by atoms with E-state index < -0.39 is 30.0 Å². The average molecular weight is 865 g/mol. The zero-order valence-corrected chi connectivity index (χ0v) is 35.1. The van der Waals surface area contributed by atoms with Gasteiger partial charge in [-0.2, -0.15) is 10.2 Å². The fraction of sp³-hybridized carbons (Fsp3) is 0.523. The van der Waals surface area contributed by atoms with Crippen LogP contribution in [0.3, 0.4) is 0 Å². The molecule has 5 aromatic rings. The van der Waals surface area contributed by atoms with Gasteiger partial charge >= 0.3 is 5.69 Å². The molecule has 10 rings (SSSR count). The number of carbonyl (C=O) groups excluding carboxylic acids is 3. The third kappa shape index (κ3) is 8.00. The zero-order chi connectivity index (χ0) is 43.4. The normalized spacial score (nSPS) is 24.4. The lowest BCUT2D eigenvalue weighted by atomic mass is 9.85. The van der Waals surface area contributed by atoms with Crippen molar-refractivity contribution in [2.45, 2.75) is 82.0 Å². The molecule has 0 radical (unpaired) electrons. The molecule has 4 saturated heterocycles. The number of aromatic nitrogens is 7. The highest BCUT2D eigenvalue weighted by Gasteiger charge is 2.40. The highest BCUT2D eigenvalue weighted by molar-refractivity contribution is 6.08. The molecule has 19 heteroatoms. The fourth-order valence-corrected chi connectivity index (χ4v) is 10.2. The molecule has 2 bridgehead atoms. The number of fused-ring (bicyclic) bond motifs is 4. The van der Waals surface area contributed by atoms with E-state index in [1.54, 1.807) is 24.1 Å². The summed E-state index contributed by atoms with van der Waals surface area (Å²) < 4.78 is 40.4.